The molecule has 9 heteroatoms. The number of piperidine rings is 1. The van der Waals surface area contributed by atoms with Crippen molar-refractivity contribution in [2.24, 2.45) is 5.92 Å². The van der Waals surface area contributed by atoms with Crippen LogP contribution in [0.1, 0.15) is 19.8 Å². The summed E-state index contributed by atoms with van der Waals surface area (Å²) in [5.41, 5.74) is 2.32. The molecule has 1 amide bonds. The minimum atomic E-state index is -0.361. The van der Waals surface area contributed by atoms with Gasteiger partial charge in [-0.25, -0.2) is 0 Å². The Morgan fingerprint density at radius 3 is 2.71 bits per heavy atom. The number of rotatable bonds is 6. The Bertz CT molecular complexity index is 1090. The minimum absolute atomic E-state index is 0.0312. The van der Waals surface area contributed by atoms with Crippen LogP contribution in [-0.2, 0) is 11.3 Å². The number of nitrogens with one attached hydrogen (secondary N) is 1. The van der Waals surface area contributed by atoms with Crippen molar-refractivity contribution in [3.63, 3.8) is 0 Å². The summed E-state index contributed by atoms with van der Waals surface area (Å²) < 4.78 is 1.94. The lowest BCUT2D eigenvalue weighted by Gasteiger charge is -2.32. The molecule has 1 aliphatic heterocycles. The quantitative estimate of drug-likeness (QED) is 0.481. The Morgan fingerprint density at radius 2 is 1.97 bits per heavy atom. The second-order valence-corrected chi connectivity index (χ2v) is 7.52. The molecular formula is C22H24N6O3. The zero-order valence-corrected chi connectivity index (χ0v) is 17.3. The summed E-state index contributed by atoms with van der Waals surface area (Å²) in [6.07, 6.45) is 2.97. The van der Waals surface area contributed by atoms with Crippen molar-refractivity contribution in [2.45, 2.75) is 26.3 Å². The second-order valence-electron chi connectivity index (χ2n) is 7.52. The summed E-state index contributed by atoms with van der Waals surface area (Å²) in [6.45, 7) is 3.98. The van der Waals surface area contributed by atoms with Gasteiger partial charge in [-0.3, -0.25) is 14.9 Å². The number of aryl methyl sites for hydroxylation is 1. The van der Waals surface area contributed by atoms with Crippen LogP contribution in [0.15, 0.2) is 54.9 Å². The number of amides is 1. The van der Waals surface area contributed by atoms with Crippen molar-refractivity contribution < 1.29 is 9.72 Å². The minimum Gasteiger partial charge on any atom is -0.366 e. The van der Waals surface area contributed by atoms with Crippen molar-refractivity contribution >= 4 is 23.0 Å². The Morgan fingerprint density at radius 1 is 1.19 bits per heavy atom. The van der Waals surface area contributed by atoms with Crippen LogP contribution in [0.3, 0.4) is 0 Å². The van der Waals surface area contributed by atoms with Crippen molar-refractivity contribution in [1.29, 1.82) is 0 Å². The highest BCUT2D eigenvalue weighted by molar-refractivity contribution is 5.93. The van der Waals surface area contributed by atoms with Crippen LogP contribution in [0.5, 0.6) is 0 Å². The first-order valence-electron chi connectivity index (χ1n) is 10.3. The first-order chi connectivity index (χ1) is 15.1. The molecule has 0 aliphatic carbocycles. The lowest BCUT2D eigenvalue weighted by molar-refractivity contribution is -0.384. The molecule has 2 aromatic carbocycles. The van der Waals surface area contributed by atoms with Gasteiger partial charge in [0.2, 0.25) is 5.91 Å². The van der Waals surface area contributed by atoms with Gasteiger partial charge in [-0.2, -0.15) is 0 Å². The summed E-state index contributed by atoms with van der Waals surface area (Å²) in [5, 5.41) is 22.4. The van der Waals surface area contributed by atoms with E-state index in [1.54, 1.807) is 24.5 Å². The van der Waals surface area contributed by atoms with E-state index < -0.39 is 0 Å². The molecule has 0 spiro atoms. The van der Waals surface area contributed by atoms with E-state index in [-0.39, 0.29) is 22.4 Å². The highest BCUT2D eigenvalue weighted by Gasteiger charge is 2.28. The number of carbonyl (C=O) groups is 1. The number of nitro benzene ring substituents is 1. The van der Waals surface area contributed by atoms with E-state index in [4.69, 9.17) is 0 Å². The highest BCUT2D eigenvalue weighted by Crippen LogP contribution is 2.31. The smallest absolute Gasteiger partial charge is 0.292 e. The SMILES string of the molecule is CCn1cnnc1-c1cccc(NC(=O)C2CCN(c3ccccc3[N+](=O)[O-])CC2)c1. The predicted molar refractivity (Wildman–Crippen MR) is 118 cm³/mol. The molecule has 1 N–H and O–H groups in total. The maximum Gasteiger partial charge on any atom is 0.292 e. The molecule has 1 aliphatic rings. The van der Waals surface area contributed by atoms with Gasteiger partial charge >= 0.3 is 0 Å². The fourth-order valence-corrected chi connectivity index (χ4v) is 3.96. The fourth-order valence-electron chi connectivity index (χ4n) is 3.96. The van der Waals surface area contributed by atoms with Gasteiger partial charge in [0.15, 0.2) is 5.82 Å². The summed E-state index contributed by atoms with van der Waals surface area (Å²) in [7, 11) is 0. The van der Waals surface area contributed by atoms with Crippen molar-refractivity contribution in [3.8, 4) is 11.4 Å². The predicted octanol–water partition coefficient (Wildman–Crippen LogP) is 3.73. The van der Waals surface area contributed by atoms with Crippen molar-refractivity contribution in [2.75, 3.05) is 23.3 Å². The van der Waals surface area contributed by atoms with Crippen molar-refractivity contribution in [1.82, 2.24) is 14.8 Å². The Kier molecular flexibility index (Phi) is 5.92. The lowest BCUT2D eigenvalue weighted by Crippen LogP contribution is -2.38. The van der Waals surface area contributed by atoms with Gasteiger partial charge in [0.05, 0.1) is 4.92 Å². The van der Waals surface area contributed by atoms with Crippen molar-refractivity contribution in [3.05, 3.63) is 65.0 Å². The third kappa shape index (κ3) is 4.40. The average Bonchev–Trinajstić information content (AvgIpc) is 3.28. The molecule has 4 rings (SSSR count). The topological polar surface area (TPSA) is 106 Å². The molecule has 0 bridgehead atoms. The molecule has 160 valence electrons. The molecular weight excluding hydrogens is 396 g/mol. The maximum atomic E-state index is 12.8. The summed E-state index contributed by atoms with van der Waals surface area (Å²) in [5.74, 6) is 0.592. The molecule has 1 aromatic heterocycles. The number of hydrogen-bond donors (Lipinski definition) is 1. The number of benzene rings is 2. The summed E-state index contributed by atoms with van der Waals surface area (Å²) in [6, 6.07) is 14.3. The Hall–Kier alpha value is -3.75. The van der Waals surface area contributed by atoms with Crippen LogP contribution >= 0.6 is 0 Å². The molecule has 9 nitrogen and oxygen atoms in total. The average molecular weight is 420 g/mol. The first kappa shape index (κ1) is 20.5. The van der Waals surface area contributed by atoms with Crippen LogP contribution in [-0.4, -0.2) is 38.7 Å². The number of nitro groups is 1. The number of anilines is 2. The zero-order chi connectivity index (χ0) is 21.8. The summed E-state index contributed by atoms with van der Waals surface area (Å²) in [4.78, 5) is 25.8. The van der Waals surface area contributed by atoms with E-state index in [1.807, 2.05) is 40.7 Å². The van der Waals surface area contributed by atoms with Gasteiger partial charge < -0.3 is 14.8 Å². The van der Waals surface area contributed by atoms with Crippen LogP contribution < -0.4 is 10.2 Å². The van der Waals surface area contributed by atoms with Gasteiger partial charge in [-0.15, -0.1) is 10.2 Å². The van der Waals surface area contributed by atoms with Crippen LogP contribution in [0.4, 0.5) is 17.1 Å². The van der Waals surface area contributed by atoms with E-state index >= 15 is 0 Å². The maximum absolute atomic E-state index is 12.8. The highest BCUT2D eigenvalue weighted by atomic mass is 16.6. The standard InChI is InChI=1S/C22H24N6O3/c1-2-26-15-23-25-21(26)17-6-5-7-18(14-17)24-22(29)16-10-12-27(13-11-16)19-8-3-4-9-20(19)28(30)31/h3-9,14-16H,2,10-13H2,1H3,(H,24,29). The number of hydrogen-bond acceptors (Lipinski definition) is 6. The number of para-hydroxylation sites is 2. The normalized spacial score (nSPS) is 14.4. The zero-order valence-electron chi connectivity index (χ0n) is 17.3. The van der Waals surface area contributed by atoms with Crippen LogP contribution in [0.2, 0.25) is 0 Å². The molecule has 3 aromatic rings. The van der Waals surface area contributed by atoms with E-state index in [0.717, 1.165) is 17.9 Å². The van der Waals surface area contributed by atoms with E-state index in [2.05, 4.69) is 15.5 Å². The molecule has 2 heterocycles. The number of aromatic nitrogens is 3. The third-order valence-electron chi connectivity index (χ3n) is 5.63. The molecule has 1 saturated heterocycles. The lowest BCUT2D eigenvalue weighted by atomic mass is 9.95. The second kappa shape index (κ2) is 8.95. The van der Waals surface area contributed by atoms with Gasteiger partial charge in [-0.05, 0) is 38.0 Å². The first-order valence-corrected chi connectivity index (χ1v) is 10.3. The molecule has 1 fully saturated rings. The van der Waals surface area contributed by atoms with E-state index in [1.165, 1.54) is 6.07 Å². The van der Waals surface area contributed by atoms with E-state index in [0.29, 0.717) is 37.3 Å². The molecule has 0 saturated carbocycles. The third-order valence-corrected chi connectivity index (χ3v) is 5.63. The Labute approximate surface area is 179 Å². The number of nitrogens with zero attached hydrogens (tertiary/aromatic N) is 5. The van der Waals surface area contributed by atoms with Gasteiger partial charge in [0.25, 0.3) is 5.69 Å². The molecule has 0 radical (unpaired) electrons. The molecule has 0 unspecified atom stereocenters. The van der Waals surface area contributed by atoms with Gasteiger partial charge in [-0.1, -0.05) is 24.3 Å². The number of carbonyl (C=O) groups excluding carboxylic acids is 1. The summed E-state index contributed by atoms with van der Waals surface area (Å²) >= 11 is 0. The largest absolute Gasteiger partial charge is 0.366 e. The van der Waals surface area contributed by atoms with E-state index in [9.17, 15) is 14.9 Å². The molecule has 31 heavy (non-hydrogen) atoms. The van der Waals surface area contributed by atoms with Crippen LogP contribution in [0, 0.1) is 16.0 Å². The fraction of sp³-hybridized carbons (Fsp3) is 0.318. The monoisotopic (exact) mass is 420 g/mol. The molecule has 0 atom stereocenters. The van der Waals surface area contributed by atoms with Gasteiger partial charge in [0, 0.05) is 42.9 Å². The van der Waals surface area contributed by atoms with Gasteiger partial charge in [0.1, 0.15) is 12.0 Å². The van der Waals surface area contributed by atoms with Crippen LogP contribution in [0.25, 0.3) is 11.4 Å². The Balaban J connectivity index is 1.40.